The predicted molar refractivity (Wildman–Crippen MR) is 93.8 cm³/mol. The predicted octanol–water partition coefficient (Wildman–Crippen LogP) is 3.03. The van der Waals surface area contributed by atoms with Crippen LogP contribution in [0.15, 0.2) is 24.3 Å². The first kappa shape index (κ1) is 20.7. The molecule has 0 aliphatic heterocycles. The van der Waals surface area contributed by atoms with Crippen molar-refractivity contribution in [2.24, 2.45) is 5.73 Å². The van der Waals surface area contributed by atoms with Crippen molar-refractivity contribution in [3.63, 3.8) is 0 Å². The molecular weight excluding hydrogens is 300 g/mol. The molecule has 0 spiro atoms. The van der Waals surface area contributed by atoms with Gasteiger partial charge in [0.2, 0.25) is 0 Å². The number of benzene rings is 1. The van der Waals surface area contributed by atoms with Crippen LogP contribution < -0.4 is 15.8 Å². The van der Waals surface area contributed by atoms with Gasteiger partial charge in [-0.2, -0.15) is 0 Å². The van der Waals surface area contributed by atoms with Gasteiger partial charge in [0.25, 0.3) is 5.91 Å². The molecule has 0 aliphatic carbocycles. The summed E-state index contributed by atoms with van der Waals surface area (Å²) in [5.41, 5.74) is 6.77. The first-order chi connectivity index (χ1) is 9.84. The summed E-state index contributed by atoms with van der Waals surface area (Å²) in [6.07, 6.45) is 1.32. The lowest BCUT2D eigenvalue weighted by atomic mass is 9.87. The first-order valence-electron chi connectivity index (χ1n) is 7.59. The molecule has 1 unspecified atom stereocenters. The van der Waals surface area contributed by atoms with E-state index < -0.39 is 6.10 Å². The monoisotopic (exact) mass is 328 g/mol. The van der Waals surface area contributed by atoms with Crippen molar-refractivity contribution >= 4 is 18.3 Å². The van der Waals surface area contributed by atoms with Gasteiger partial charge in [-0.25, -0.2) is 0 Å². The van der Waals surface area contributed by atoms with E-state index in [1.54, 1.807) is 6.92 Å². The summed E-state index contributed by atoms with van der Waals surface area (Å²) < 4.78 is 5.66. The molecule has 1 aromatic carbocycles. The van der Waals surface area contributed by atoms with Gasteiger partial charge in [-0.3, -0.25) is 4.79 Å². The number of nitrogens with one attached hydrogen (secondary N) is 1. The Kier molecular flexibility index (Phi) is 9.14. The number of halogens is 1. The van der Waals surface area contributed by atoms with E-state index in [1.165, 1.54) is 5.56 Å². The standard InChI is InChI=1S/C17H28N2O2.ClH/c1-13(16(20)19-12-6-5-11-18)21-15-9-7-14(8-10-15)17(2,3)4;/h7-10,13H,5-6,11-12,18H2,1-4H3,(H,19,20);1H. The summed E-state index contributed by atoms with van der Waals surface area (Å²) in [5, 5.41) is 2.85. The van der Waals surface area contributed by atoms with Gasteiger partial charge >= 0.3 is 0 Å². The normalized spacial score (nSPS) is 12.2. The molecule has 1 aromatic rings. The molecule has 1 rings (SSSR count). The molecule has 1 atom stereocenters. The number of ether oxygens (including phenoxy) is 1. The van der Waals surface area contributed by atoms with Gasteiger partial charge in [0.05, 0.1) is 0 Å². The third kappa shape index (κ3) is 7.14. The highest BCUT2D eigenvalue weighted by atomic mass is 35.5. The molecule has 0 radical (unpaired) electrons. The highest BCUT2D eigenvalue weighted by Crippen LogP contribution is 2.24. The second kappa shape index (κ2) is 9.70. The van der Waals surface area contributed by atoms with E-state index in [9.17, 15) is 4.79 Å². The molecule has 0 aromatic heterocycles. The van der Waals surface area contributed by atoms with Crippen LogP contribution in [0, 0.1) is 0 Å². The Balaban J connectivity index is 0.00000441. The van der Waals surface area contributed by atoms with Crippen molar-refractivity contribution in [2.75, 3.05) is 13.1 Å². The lowest BCUT2D eigenvalue weighted by Gasteiger charge is -2.20. The van der Waals surface area contributed by atoms with E-state index >= 15 is 0 Å². The van der Waals surface area contributed by atoms with Gasteiger partial charge in [-0.15, -0.1) is 12.4 Å². The number of carbonyl (C=O) groups is 1. The molecule has 0 saturated carbocycles. The molecule has 0 bridgehead atoms. The van der Waals surface area contributed by atoms with Crippen LogP contribution in [0.1, 0.15) is 46.1 Å². The molecule has 1 amide bonds. The summed E-state index contributed by atoms with van der Waals surface area (Å²) in [6, 6.07) is 7.92. The Morgan fingerprint density at radius 1 is 1.23 bits per heavy atom. The van der Waals surface area contributed by atoms with Crippen LogP contribution in [0.3, 0.4) is 0 Å². The zero-order valence-corrected chi connectivity index (χ0v) is 14.8. The van der Waals surface area contributed by atoms with Crippen molar-refractivity contribution < 1.29 is 9.53 Å². The number of carbonyl (C=O) groups excluding carboxylic acids is 1. The Bertz CT molecular complexity index is 441. The molecule has 22 heavy (non-hydrogen) atoms. The minimum absolute atomic E-state index is 0. The number of unbranched alkanes of at least 4 members (excludes halogenated alkanes) is 1. The van der Waals surface area contributed by atoms with E-state index in [-0.39, 0.29) is 23.7 Å². The number of rotatable bonds is 7. The largest absolute Gasteiger partial charge is 0.481 e. The Hall–Kier alpha value is -1.26. The summed E-state index contributed by atoms with van der Waals surface area (Å²) in [6.45, 7) is 9.56. The van der Waals surface area contributed by atoms with Gasteiger partial charge in [-0.05, 0) is 49.4 Å². The van der Waals surface area contributed by atoms with Crippen molar-refractivity contribution in [3.8, 4) is 5.75 Å². The van der Waals surface area contributed by atoms with Crippen molar-refractivity contribution in [2.45, 2.75) is 52.1 Å². The fourth-order valence-electron chi connectivity index (χ4n) is 1.92. The fourth-order valence-corrected chi connectivity index (χ4v) is 1.92. The van der Waals surface area contributed by atoms with Gasteiger partial charge in [0, 0.05) is 6.54 Å². The summed E-state index contributed by atoms with van der Waals surface area (Å²) >= 11 is 0. The highest BCUT2D eigenvalue weighted by Gasteiger charge is 2.16. The fraction of sp³-hybridized carbons (Fsp3) is 0.588. The Morgan fingerprint density at radius 3 is 2.32 bits per heavy atom. The van der Waals surface area contributed by atoms with Crippen LogP contribution in [0.4, 0.5) is 0 Å². The number of hydrogen-bond acceptors (Lipinski definition) is 3. The maximum atomic E-state index is 11.9. The van der Waals surface area contributed by atoms with Gasteiger partial charge in [0.15, 0.2) is 6.10 Å². The average Bonchev–Trinajstić information content (AvgIpc) is 2.43. The molecule has 0 saturated heterocycles. The van der Waals surface area contributed by atoms with E-state index in [4.69, 9.17) is 10.5 Å². The van der Waals surface area contributed by atoms with E-state index in [1.807, 2.05) is 24.3 Å². The second-order valence-corrected chi connectivity index (χ2v) is 6.32. The van der Waals surface area contributed by atoms with Gasteiger partial charge in [-0.1, -0.05) is 32.9 Å². The zero-order chi connectivity index (χ0) is 15.9. The molecular formula is C17H29ClN2O2. The molecule has 5 heteroatoms. The van der Waals surface area contributed by atoms with E-state index in [0.29, 0.717) is 18.8 Å². The summed E-state index contributed by atoms with van der Waals surface area (Å²) in [7, 11) is 0. The second-order valence-electron chi connectivity index (χ2n) is 6.32. The average molecular weight is 329 g/mol. The minimum Gasteiger partial charge on any atom is -0.481 e. The van der Waals surface area contributed by atoms with Crippen LogP contribution in [-0.4, -0.2) is 25.1 Å². The Labute approximate surface area is 140 Å². The van der Waals surface area contributed by atoms with Crippen molar-refractivity contribution in [3.05, 3.63) is 29.8 Å². The van der Waals surface area contributed by atoms with Gasteiger partial charge < -0.3 is 15.8 Å². The lowest BCUT2D eigenvalue weighted by molar-refractivity contribution is -0.127. The molecule has 3 N–H and O–H groups in total. The molecule has 126 valence electrons. The van der Waals surface area contributed by atoms with Crippen LogP contribution in [0.5, 0.6) is 5.75 Å². The molecule has 0 fully saturated rings. The smallest absolute Gasteiger partial charge is 0.260 e. The van der Waals surface area contributed by atoms with E-state index in [2.05, 4.69) is 26.1 Å². The van der Waals surface area contributed by atoms with Crippen LogP contribution in [0.25, 0.3) is 0 Å². The quantitative estimate of drug-likeness (QED) is 0.756. The first-order valence-corrected chi connectivity index (χ1v) is 7.59. The maximum Gasteiger partial charge on any atom is 0.260 e. The lowest BCUT2D eigenvalue weighted by Crippen LogP contribution is -2.36. The van der Waals surface area contributed by atoms with Crippen molar-refractivity contribution in [1.82, 2.24) is 5.32 Å². The number of nitrogens with two attached hydrogens (primary N) is 1. The van der Waals surface area contributed by atoms with Crippen LogP contribution >= 0.6 is 12.4 Å². The Morgan fingerprint density at radius 2 is 1.82 bits per heavy atom. The van der Waals surface area contributed by atoms with Gasteiger partial charge in [0.1, 0.15) is 5.75 Å². The highest BCUT2D eigenvalue weighted by molar-refractivity contribution is 5.85. The molecule has 4 nitrogen and oxygen atoms in total. The third-order valence-electron chi connectivity index (χ3n) is 3.33. The topological polar surface area (TPSA) is 64.3 Å². The molecule has 0 aliphatic rings. The maximum absolute atomic E-state index is 11.9. The van der Waals surface area contributed by atoms with Crippen LogP contribution in [-0.2, 0) is 10.2 Å². The van der Waals surface area contributed by atoms with E-state index in [0.717, 1.165) is 12.8 Å². The zero-order valence-electron chi connectivity index (χ0n) is 14.0. The molecule has 0 heterocycles. The summed E-state index contributed by atoms with van der Waals surface area (Å²) in [5.74, 6) is 0.625. The SMILES string of the molecule is CC(Oc1ccc(C(C)(C)C)cc1)C(=O)NCCCCN.Cl. The van der Waals surface area contributed by atoms with Crippen molar-refractivity contribution in [1.29, 1.82) is 0 Å². The number of hydrogen-bond donors (Lipinski definition) is 2. The summed E-state index contributed by atoms with van der Waals surface area (Å²) in [4.78, 5) is 11.9. The number of amides is 1. The van der Waals surface area contributed by atoms with Crippen LogP contribution in [0.2, 0.25) is 0 Å². The minimum atomic E-state index is -0.497. The third-order valence-corrected chi connectivity index (χ3v) is 3.33.